The van der Waals surface area contributed by atoms with Crippen molar-refractivity contribution in [1.29, 1.82) is 0 Å². The maximum atomic E-state index is 12.8. The summed E-state index contributed by atoms with van der Waals surface area (Å²) >= 11 is 0. The minimum Gasteiger partial charge on any atom is -0.377 e. The molecular formula is C18H19N3O4. The molecule has 3 N–H and O–H groups in total. The smallest absolute Gasteiger partial charge is 0.261 e. The molecule has 130 valence electrons. The number of H-pyrrole nitrogens is 1. The fourth-order valence-corrected chi connectivity index (χ4v) is 2.91. The van der Waals surface area contributed by atoms with Crippen molar-refractivity contribution >= 4 is 11.8 Å². The summed E-state index contributed by atoms with van der Waals surface area (Å²) in [6.45, 7) is 0.909. The Labute approximate surface area is 144 Å². The number of rotatable bonds is 4. The molecule has 25 heavy (non-hydrogen) atoms. The third-order valence-electron chi connectivity index (χ3n) is 4.15. The van der Waals surface area contributed by atoms with E-state index < -0.39 is 23.4 Å². The highest BCUT2D eigenvalue weighted by Gasteiger charge is 2.30. The summed E-state index contributed by atoms with van der Waals surface area (Å²) < 4.78 is 5.32. The average molecular weight is 341 g/mol. The van der Waals surface area contributed by atoms with E-state index in [9.17, 15) is 14.4 Å². The largest absolute Gasteiger partial charge is 0.377 e. The monoisotopic (exact) mass is 341 g/mol. The van der Waals surface area contributed by atoms with Gasteiger partial charge in [0.1, 0.15) is 5.56 Å². The molecule has 1 saturated heterocycles. The highest BCUT2D eigenvalue weighted by molar-refractivity contribution is 5.94. The van der Waals surface area contributed by atoms with Gasteiger partial charge in [0.25, 0.3) is 11.5 Å². The van der Waals surface area contributed by atoms with Crippen molar-refractivity contribution in [1.82, 2.24) is 9.88 Å². The van der Waals surface area contributed by atoms with Gasteiger partial charge in [0.15, 0.2) is 0 Å². The van der Waals surface area contributed by atoms with Crippen LogP contribution < -0.4 is 11.3 Å². The standard InChI is InChI=1S/C18H19N3O4/c19-16(22)10-13-11-25-9-8-21(13)18(24)14-6-7-15(20-17(14)23)12-4-2-1-3-5-12/h1-7,13H,8-11H2,(H2,19,22)(H,20,23). The first kappa shape index (κ1) is 16.9. The Morgan fingerprint density at radius 2 is 1.96 bits per heavy atom. The summed E-state index contributed by atoms with van der Waals surface area (Å²) in [5.74, 6) is -0.933. The van der Waals surface area contributed by atoms with Gasteiger partial charge in [0.2, 0.25) is 5.91 Å². The van der Waals surface area contributed by atoms with Crippen LogP contribution >= 0.6 is 0 Å². The number of aromatic amines is 1. The SMILES string of the molecule is NC(=O)CC1COCCN1C(=O)c1ccc(-c2ccccc2)[nH]c1=O. The van der Waals surface area contributed by atoms with Crippen molar-refractivity contribution in [3.05, 3.63) is 58.4 Å². The molecule has 1 unspecified atom stereocenters. The number of nitrogens with two attached hydrogens (primary N) is 1. The van der Waals surface area contributed by atoms with Crippen LogP contribution in [-0.4, -0.2) is 47.5 Å². The topological polar surface area (TPSA) is 105 Å². The third-order valence-corrected chi connectivity index (χ3v) is 4.15. The first-order valence-electron chi connectivity index (χ1n) is 8.02. The highest BCUT2D eigenvalue weighted by atomic mass is 16.5. The summed E-state index contributed by atoms with van der Waals surface area (Å²) in [6, 6.07) is 12.1. The lowest BCUT2D eigenvalue weighted by atomic mass is 10.1. The second kappa shape index (κ2) is 7.31. The van der Waals surface area contributed by atoms with Gasteiger partial charge in [-0.05, 0) is 17.7 Å². The summed E-state index contributed by atoms with van der Waals surface area (Å²) in [6.07, 6.45) is 0.00570. The average Bonchev–Trinajstić information content (AvgIpc) is 2.62. The number of hydrogen-bond acceptors (Lipinski definition) is 4. The van der Waals surface area contributed by atoms with Crippen LogP contribution in [0.5, 0.6) is 0 Å². The van der Waals surface area contributed by atoms with Gasteiger partial charge >= 0.3 is 0 Å². The first-order chi connectivity index (χ1) is 12.1. The number of amides is 2. The number of nitrogens with zero attached hydrogens (tertiary/aromatic N) is 1. The van der Waals surface area contributed by atoms with Gasteiger partial charge in [-0.15, -0.1) is 0 Å². The molecule has 0 spiro atoms. The van der Waals surface area contributed by atoms with E-state index in [2.05, 4.69) is 4.98 Å². The Hall–Kier alpha value is -2.93. The van der Waals surface area contributed by atoms with Crippen molar-refractivity contribution in [2.75, 3.05) is 19.8 Å². The van der Waals surface area contributed by atoms with Crippen LogP contribution in [-0.2, 0) is 9.53 Å². The minimum absolute atomic E-state index is 0.00570. The van der Waals surface area contributed by atoms with E-state index >= 15 is 0 Å². The van der Waals surface area contributed by atoms with Gasteiger partial charge < -0.3 is 20.4 Å². The first-order valence-corrected chi connectivity index (χ1v) is 8.02. The highest BCUT2D eigenvalue weighted by Crippen LogP contribution is 2.17. The maximum Gasteiger partial charge on any atom is 0.261 e. The second-order valence-corrected chi connectivity index (χ2v) is 5.88. The maximum absolute atomic E-state index is 12.8. The Morgan fingerprint density at radius 1 is 1.20 bits per heavy atom. The van der Waals surface area contributed by atoms with Gasteiger partial charge in [0.05, 0.1) is 19.3 Å². The predicted octanol–water partition coefficient (Wildman–Crippen LogP) is 0.758. The molecule has 0 radical (unpaired) electrons. The van der Waals surface area contributed by atoms with Crippen LogP contribution in [0.2, 0.25) is 0 Å². The van der Waals surface area contributed by atoms with E-state index in [1.54, 1.807) is 6.07 Å². The van der Waals surface area contributed by atoms with Crippen molar-refractivity contribution < 1.29 is 14.3 Å². The number of hydrogen-bond donors (Lipinski definition) is 2. The molecule has 7 nitrogen and oxygen atoms in total. The normalized spacial score (nSPS) is 17.3. The Kier molecular flexibility index (Phi) is 4.95. The van der Waals surface area contributed by atoms with E-state index in [4.69, 9.17) is 10.5 Å². The molecule has 1 atom stereocenters. The predicted molar refractivity (Wildman–Crippen MR) is 92.0 cm³/mol. The Morgan fingerprint density at radius 3 is 2.64 bits per heavy atom. The van der Waals surface area contributed by atoms with Crippen LogP contribution in [0.4, 0.5) is 0 Å². The van der Waals surface area contributed by atoms with Gasteiger partial charge in [0, 0.05) is 18.7 Å². The molecule has 1 aromatic heterocycles. The van der Waals surface area contributed by atoms with Crippen LogP contribution in [0.1, 0.15) is 16.8 Å². The third kappa shape index (κ3) is 3.77. The van der Waals surface area contributed by atoms with Gasteiger partial charge in [-0.1, -0.05) is 30.3 Å². The van der Waals surface area contributed by atoms with Crippen molar-refractivity contribution in [3.8, 4) is 11.3 Å². The number of primary amides is 1. The van der Waals surface area contributed by atoms with Crippen molar-refractivity contribution in [2.24, 2.45) is 5.73 Å². The van der Waals surface area contributed by atoms with E-state index in [0.29, 0.717) is 18.8 Å². The molecule has 1 fully saturated rings. The van der Waals surface area contributed by atoms with Gasteiger partial charge in [-0.2, -0.15) is 0 Å². The number of benzene rings is 1. The van der Waals surface area contributed by atoms with E-state index in [-0.39, 0.29) is 18.6 Å². The molecule has 7 heteroatoms. The molecule has 0 saturated carbocycles. The van der Waals surface area contributed by atoms with Crippen LogP contribution in [0, 0.1) is 0 Å². The van der Waals surface area contributed by atoms with Crippen LogP contribution in [0.15, 0.2) is 47.3 Å². The Balaban J connectivity index is 1.86. The van der Waals surface area contributed by atoms with Gasteiger partial charge in [-0.25, -0.2) is 0 Å². The molecular weight excluding hydrogens is 322 g/mol. The second-order valence-electron chi connectivity index (χ2n) is 5.88. The summed E-state index contributed by atoms with van der Waals surface area (Å²) in [5, 5.41) is 0. The van der Waals surface area contributed by atoms with Crippen LogP contribution in [0.25, 0.3) is 11.3 Å². The summed E-state index contributed by atoms with van der Waals surface area (Å²) in [4.78, 5) is 40.6. The van der Waals surface area contributed by atoms with E-state index in [1.807, 2.05) is 30.3 Å². The summed E-state index contributed by atoms with van der Waals surface area (Å²) in [7, 11) is 0. The molecule has 0 aliphatic carbocycles. The lowest BCUT2D eigenvalue weighted by Crippen LogP contribution is -2.51. The lowest BCUT2D eigenvalue weighted by molar-refractivity contribution is -0.120. The molecule has 0 bridgehead atoms. The van der Waals surface area contributed by atoms with E-state index in [0.717, 1.165) is 5.56 Å². The molecule has 1 aliphatic heterocycles. The number of aromatic nitrogens is 1. The molecule has 2 heterocycles. The number of ether oxygens (including phenoxy) is 1. The molecule has 3 rings (SSSR count). The van der Waals surface area contributed by atoms with Crippen molar-refractivity contribution in [2.45, 2.75) is 12.5 Å². The number of nitrogens with one attached hydrogen (secondary N) is 1. The van der Waals surface area contributed by atoms with Crippen LogP contribution in [0.3, 0.4) is 0 Å². The summed E-state index contributed by atoms with van der Waals surface area (Å²) in [5.41, 5.74) is 6.31. The zero-order chi connectivity index (χ0) is 17.8. The zero-order valence-corrected chi connectivity index (χ0v) is 13.6. The molecule has 1 aromatic carbocycles. The van der Waals surface area contributed by atoms with Crippen molar-refractivity contribution in [3.63, 3.8) is 0 Å². The molecule has 2 amide bonds. The number of carbonyl (C=O) groups is 2. The quantitative estimate of drug-likeness (QED) is 0.856. The van der Waals surface area contributed by atoms with E-state index in [1.165, 1.54) is 11.0 Å². The Bertz CT molecular complexity index is 832. The molecule has 1 aliphatic rings. The number of morpholine rings is 1. The number of pyridine rings is 1. The van der Waals surface area contributed by atoms with Gasteiger partial charge in [-0.3, -0.25) is 14.4 Å². The number of carbonyl (C=O) groups excluding carboxylic acids is 2. The molecule has 2 aromatic rings. The minimum atomic E-state index is -0.512. The fraction of sp³-hybridized carbons (Fsp3) is 0.278. The fourth-order valence-electron chi connectivity index (χ4n) is 2.91. The lowest BCUT2D eigenvalue weighted by Gasteiger charge is -2.34. The zero-order valence-electron chi connectivity index (χ0n) is 13.6.